The molecule has 0 fully saturated rings. The van der Waals surface area contributed by atoms with Crippen LogP contribution >= 0.6 is 0 Å². The second kappa shape index (κ2) is 8.75. The molecule has 0 aliphatic heterocycles. The third-order valence-electron chi connectivity index (χ3n) is 3.38. The van der Waals surface area contributed by atoms with Gasteiger partial charge in [0.1, 0.15) is 0 Å². The van der Waals surface area contributed by atoms with Gasteiger partial charge in [0.2, 0.25) is 0 Å². The number of hydrogen-bond acceptors (Lipinski definition) is 3. The predicted octanol–water partition coefficient (Wildman–Crippen LogP) is 3.53. The molecule has 3 heteroatoms. The molecule has 0 unspecified atom stereocenters. The highest BCUT2D eigenvalue weighted by Gasteiger charge is 2.14. The van der Waals surface area contributed by atoms with Crippen LogP contribution in [0.1, 0.15) is 11.1 Å². The van der Waals surface area contributed by atoms with Gasteiger partial charge in [0.15, 0.2) is 11.6 Å². The number of benzene rings is 2. The normalized spacial score (nSPS) is 13.4. The van der Waals surface area contributed by atoms with Gasteiger partial charge < -0.3 is 4.90 Å². The zero-order chi connectivity index (χ0) is 17.4. The molecular formula is C21H21NO2. The van der Waals surface area contributed by atoms with Gasteiger partial charge in [-0.2, -0.15) is 0 Å². The number of allylic oxidation sites excluding steroid dienone is 4. The fourth-order valence-corrected chi connectivity index (χ4v) is 2.30. The van der Waals surface area contributed by atoms with E-state index in [9.17, 15) is 9.59 Å². The van der Waals surface area contributed by atoms with E-state index >= 15 is 0 Å². The zero-order valence-electron chi connectivity index (χ0n) is 14.0. The molecule has 1 aliphatic rings. The van der Waals surface area contributed by atoms with Crippen LogP contribution in [-0.2, 0) is 16.1 Å². The summed E-state index contributed by atoms with van der Waals surface area (Å²) in [5.74, 6) is -0.251. The minimum Gasteiger partial charge on any atom is -0.305 e. The molecular weight excluding hydrogens is 298 g/mol. The highest BCUT2D eigenvalue weighted by molar-refractivity contribution is 6.33. The Balaban J connectivity index is 0.000000185. The van der Waals surface area contributed by atoms with E-state index in [0.29, 0.717) is 5.57 Å². The van der Waals surface area contributed by atoms with Gasteiger partial charge in [-0.3, -0.25) is 9.59 Å². The van der Waals surface area contributed by atoms with Crippen LogP contribution in [0.5, 0.6) is 0 Å². The molecule has 3 nitrogen and oxygen atoms in total. The maximum atomic E-state index is 11.4. The van der Waals surface area contributed by atoms with Crippen molar-refractivity contribution in [2.75, 3.05) is 14.1 Å². The van der Waals surface area contributed by atoms with E-state index in [0.717, 1.165) is 12.1 Å². The van der Waals surface area contributed by atoms with Crippen molar-refractivity contribution in [1.29, 1.82) is 0 Å². The number of nitrogens with zero attached hydrogens (tertiary/aromatic N) is 1. The molecule has 2 aromatic rings. The van der Waals surface area contributed by atoms with Crippen molar-refractivity contribution in [3.8, 4) is 0 Å². The number of hydrogen-bond donors (Lipinski definition) is 0. The van der Waals surface area contributed by atoms with Crippen LogP contribution in [0.2, 0.25) is 0 Å². The van der Waals surface area contributed by atoms with Gasteiger partial charge in [-0.25, -0.2) is 0 Å². The summed E-state index contributed by atoms with van der Waals surface area (Å²) in [5, 5.41) is 0. The molecule has 24 heavy (non-hydrogen) atoms. The quantitative estimate of drug-likeness (QED) is 0.812. The Labute approximate surface area is 142 Å². The van der Waals surface area contributed by atoms with E-state index in [1.807, 2.05) is 36.4 Å². The van der Waals surface area contributed by atoms with E-state index in [2.05, 4.69) is 43.3 Å². The topological polar surface area (TPSA) is 37.4 Å². The van der Waals surface area contributed by atoms with Gasteiger partial charge in [-0.1, -0.05) is 60.7 Å². The second-order valence-electron chi connectivity index (χ2n) is 5.75. The molecule has 0 atom stereocenters. The number of carbonyl (C=O) groups is 2. The van der Waals surface area contributed by atoms with Crippen LogP contribution in [0.3, 0.4) is 0 Å². The highest BCUT2D eigenvalue weighted by atomic mass is 16.1. The summed E-state index contributed by atoms with van der Waals surface area (Å²) < 4.78 is 0. The molecule has 0 bridgehead atoms. The molecule has 2 aromatic carbocycles. The Bertz CT molecular complexity index is 744. The maximum absolute atomic E-state index is 11.4. The van der Waals surface area contributed by atoms with Gasteiger partial charge in [0, 0.05) is 12.1 Å². The fourth-order valence-electron chi connectivity index (χ4n) is 2.30. The number of ketones is 2. The van der Waals surface area contributed by atoms with Gasteiger partial charge in [0.25, 0.3) is 0 Å². The average molecular weight is 319 g/mol. The summed E-state index contributed by atoms with van der Waals surface area (Å²) in [7, 11) is 4.15. The molecule has 0 radical (unpaired) electrons. The van der Waals surface area contributed by atoms with Crippen LogP contribution in [0.25, 0.3) is 5.57 Å². The monoisotopic (exact) mass is 319 g/mol. The van der Waals surface area contributed by atoms with Gasteiger partial charge in [-0.15, -0.1) is 0 Å². The Morgan fingerprint density at radius 3 is 1.96 bits per heavy atom. The summed E-state index contributed by atoms with van der Waals surface area (Å²) in [6.45, 7) is 1.03. The first-order valence-electron chi connectivity index (χ1n) is 7.78. The third kappa shape index (κ3) is 5.45. The molecule has 0 amide bonds. The van der Waals surface area contributed by atoms with E-state index in [4.69, 9.17) is 0 Å². The SMILES string of the molecule is CN(C)Cc1ccccc1.O=C1C=CC(=O)C(c2ccccc2)=C1. The largest absolute Gasteiger partial charge is 0.305 e. The van der Waals surface area contributed by atoms with Crippen LogP contribution < -0.4 is 0 Å². The predicted molar refractivity (Wildman–Crippen MR) is 97.4 cm³/mol. The molecule has 1 aliphatic carbocycles. The van der Waals surface area contributed by atoms with Crippen molar-refractivity contribution < 1.29 is 9.59 Å². The summed E-state index contributed by atoms with van der Waals surface area (Å²) in [5.41, 5.74) is 2.63. The summed E-state index contributed by atoms with van der Waals surface area (Å²) in [6, 6.07) is 19.6. The summed E-state index contributed by atoms with van der Waals surface area (Å²) in [6.07, 6.45) is 3.97. The van der Waals surface area contributed by atoms with E-state index in [-0.39, 0.29) is 11.6 Å². The minimum absolute atomic E-state index is 0.115. The highest BCUT2D eigenvalue weighted by Crippen LogP contribution is 2.18. The van der Waals surface area contributed by atoms with Crippen LogP contribution in [0.15, 0.2) is 78.9 Å². The smallest absolute Gasteiger partial charge is 0.186 e. The lowest BCUT2D eigenvalue weighted by atomic mass is 9.97. The average Bonchev–Trinajstić information content (AvgIpc) is 2.59. The van der Waals surface area contributed by atoms with Crippen molar-refractivity contribution in [1.82, 2.24) is 4.90 Å². The summed E-state index contributed by atoms with van der Waals surface area (Å²) in [4.78, 5) is 24.7. The fraction of sp³-hybridized carbons (Fsp3) is 0.143. The molecule has 0 heterocycles. The molecule has 3 rings (SSSR count). The molecule has 0 saturated carbocycles. The molecule has 0 spiro atoms. The van der Waals surface area contributed by atoms with E-state index < -0.39 is 0 Å². The summed E-state index contributed by atoms with van der Waals surface area (Å²) >= 11 is 0. The Hall–Kier alpha value is -2.78. The molecule has 0 saturated heterocycles. The van der Waals surface area contributed by atoms with Crippen molar-refractivity contribution in [2.45, 2.75) is 6.54 Å². The third-order valence-corrected chi connectivity index (χ3v) is 3.38. The first kappa shape index (κ1) is 17.6. The Morgan fingerprint density at radius 1 is 0.792 bits per heavy atom. The van der Waals surface area contributed by atoms with Crippen LogP contribution in [0.4, 0.5) is 0 Å². The van der Waals surface area contributed by atoms with E-state index in [1.54, 1.807) is 0 Å². The van der Waals surface area contributed by atoms with Crippen molar-refractivity contribution in [2.24, 2.45) is 0 Å². The van der Waals surface area contributed by atoms with Crippen molar-refractivity contribution >= 4 is 17.1 Å². The minimum atomic E-state index is -0.136. The first-order chi connectivity index (χ1) is 11.6. The standard InChI is InChI=1S/C12H8O2.C9H13N/c13-10-6-7-12(14)11(8-10)9-4-2-1-3-5-9;1-10(2)8-9-6-4-3-5-7-9/h1-8H;3-7H,8H2,1-2H3. The number of carbonyl (C=O) groups excluding carboxylic acids is 2. The number of rotatable bonds is 3. The van der Waals surface area contributed by atoms with Crippen LogP contribution in [0, 0.1) is 0 Å². The maximum Gasteiger partial charge on any atom is 0.186 e. The lowest BCUT2D eigenvalue weighted by molar-refractivity contribution is -0.113. The van der Waals surface area contributed by atoms with E-state index in [1.165, 1.54) is 23.8 Å². The van der Waals surface area contributed by atoms with Gasteiger partial charge in [0.05, 0.1) is 0 Å². The lowest BCUT2D eigenvalue weighted by Crippen LogP contribution is -2.10. The van der Waals surface area contributed by atoms with Gasteiger partial charge >= 0.3 is 0 Å². The molecule has 0 aromatic heterocycles. The second-order valence-corrected chi connectivity index (χ2v) is 5.75. The molecule has 122 valence electrons. The van der Waals surface area contributed by atoms with Crippen molar-refractivity contribution in [3.63, 3.8) is 0 Å². The molecule has 0 N–H and O–H groups in total. The zero-order valence-corrected chi connectivity index (χ0v) is 14.0. The lowest BCUT2D eigenvalue weighted by Gasteiger charge is -2.08. The van der Waals surface area contributed by atoms with Crippen molar-refractivity contribution in [3.05, 3.63) is 90.0 Å². The van der Waals surface area contributed by atoms with Crippen LogP contribution in [-0.4, -0.2) is 30.6 Å². The first-order valence-corrected chi connectivity index (χ1v) is 7.78. The van der Waals surface area contributed by atoms with Gasteiger partial charge in [-0.05, 0) is 43.5 Å². The Morgan fingerprint density at radius 2 is 1.38 bits per heavy atom. The Kier molecular flexibility index (Phi) is 6.41.